The van der Waals surface area contributed by atoms with Crippen LogP contribution in [-0.4, -0.2) is 91.2 Å². The number of morpholine rings is 1. The first-order valence-electron chi connectivity index (χ1n) is 13.5. The minimum atomic E-state index is -0.560. The molecule has 0 bridgehead atoms. The number of amides is 1. The molecule has 4 aromatic rings. The molecule has 1 aliphatic heterocycles. The Labute approximate surface area is 229 Å². The Kier molecular flexibility index (Phi) is 9.11. The summed E-state index contributed by atoms with van der Waals surface area (Å²) >= 11 is 0. The van der Waals surface area contributed by atoms with Crippen molar-refractivity contribution < 1.29 is 24.1 Å². The monoisotopic (exact) mass is 531 g/mol. The number of hydrogen-bond donors (Lipinski definition) is 1. The molecule has 1 saturated heterocycles. The molecule has 1 fully saturated rings. The molecule has 1 aromatic heterocycles. The van der Waals surface area contributed by atoms with Crippen LogP contribution in [-0.2, 0) is 27.4 Å². The van der Waals surface area contributed by atoms with Crippen LogP contribution in [0.3, 0.4) is 0 Å². The molecule has 1 atom stereocenters. The number of carbonyl (C=O) groups is 1. The molecule has 2 heterocycles. The number of nitrogens with zero attached hydrogens (tertiary/aromatic N) is 3. The third-order valence-corrected chi connectivity index (χ3v) is 7.21. The third kappa shape index (κ3) is 6.78. The smallest absolute Gasteiger partial charge is 0.260 e. The quantitative estimate of drug-likeness (QED) is 0.301. The van der Waals surface area contributed by atoms with Crippen LogP contribution in [0.25, 0.3) is 21.8 Å². The van der Waals surface area contributed by atoms with E-state index in [-0.39, 0.29) is 12.5 Å². The summed E-state index contributed by atoms with van der Waals surface area (Å²) in [6.45, 7) is 5.36. The van der Waals surface area contributed by atoms with Crippen LogP contribution in [0.2, 0.25) is 0 Å². The normalized spacial score (nSPS) is 14.8. The lowest BCUT2D eigenvalue weighted by Crippen LogP contribution is -2.42. The number of aliphatic hydroxyl groups excluding tert-OH is 1. The molecule has 1 amide bonds. The minimum Gasteiger partial charge on any atom is -0.484 e. The van der Waals surface area contributed by atoms with Gasteiger partial charge in [-0.25, -0.2) is 0 Å². The number of aliphatic hydroxyl groups is 1. The number of rotatable bonds is 12. The maximum Gasteiger partial charge on any atom is 0.260 e. The summed E-state index contributed by atoms with van der Waals surface area (Å²) in [5.74, 6) is 0.639. The highest BCUT2D eigenvalue weighted by Gasteiger charge is 2.18. The van der Waals surface area contributed by atoms with Crippen molar-refractivity contribution in [1.82, 2.24) is 14.4 Å². The molecule has 3 aromatic carbocycles. The number of aromatic nitrogens is 1. The van der Waals surface area contributed by atoms with E-state index in [2.05, 4.69) is 45.9 Å². The van der Waals surface area contributed by atoms with Crippen molar-refractivity contribution in [1.29, 1.82) is 0 Å². The van der Waals surface area contributed by atoms with Gasteiger partial charge in [0.15, 0.2) is 6.61 Å². The molecule has 8 heteroatoms. The molecule has 0 aliphatic carbocycles. The van der Waals surface area contributed by atoms with E-state index in [0.29, 0.717) is 64.8 Å². The number of carbonyl (C=O) groups excluding carboxylic acids is 1. The van der Waals surface area contributed by atoms with E-state index in [0.717, 1.165) is 16.6 Å². The summed E-state index contributed by atoms with van der Waals surface area (Å²) < 4.78 is 18.6. The van der Waals surface area contributed by atoms with Crippen LogP contribution in [0.15, 0.2) is 72.8 Å². The van der Waals surface area contributed by atoms with Crippen molar-refractivity contribution in [3.63, 3.8) is 0 Å². The maximum atomic E-state index is 12.3. The summed E-state index contributed by atoms with van der Waals surface area (Å²) in [7, 11) is 1.69. The topological polar surface area (TPSA) is 76.4 Å². The molecule has 5 rings (SSSR count). The lowest BCUT2D eigenvalue weighted by Gasteiger charge is -2.26. The number of hydrogen-bond acceptors (Lipinski definition) is 6. The van der Waals surface area contributed by atoms with E-state index in [9.17, 15) is 9.90 Å². The van der Waals surface area contributed by atoms with Gasteiger partial charge in [-0.1, -0.05) is 48.5 Å². The highest BCUT2D eigenvalue weighted by molar-refractivity contribution is 6.07. The summed E-state index contributed by atoms with van der Waals surface area (Å²) in [4.78, 5) is 16.3. The van der Waals surface area contributed by atoms with Crippen molar-refractivity contribution >= 4 is 27.7 Å². The predicted molar refractivity (Wildman–Crippen MR) is 152 cm³/mol. The Bertz CT molecular complexity index is 1310. The molecule has 8 nitrogen and oxygen atoms in total. The van der Waals surface area contributed by atoms with Gasteiger partial charge >= 0.3 is 0 Å². The second kappa shape index (κ2) is 13.1. The maximum absolute atomic E-state index is 12.3. The molecule has 0 radical (unpaired) electrons. The van der Waals surface area contributed by atoms with Crippen molar-refractivity contribution in [2.45, 2.75) is 19.2 Å². The molecule has 1 N–H and O–H groups in total. The summed E-state index contributed by atoms with van der Waals surface area (Å²) in [5, 5.41) is 13.6. The number of para-hydroxylation sites is 2. The van der Waals surface area contributed by atoms with E-state index in [1.165, 1.54) is 10.8 Å². The Morgan fingerprint density at radius 3 is 2.26 bits per heavy atom. The Morgan fingerprint density at radius 2 is 1.62 bits per heavy atom. The van der Waals surface area contributed by atoms with Crippen molar-refractivity contribution in [2.75, 3.05) is 59.7 Å². The van der Waals surface area contributed by atoms with Gasteiger partial charge in [0.2, 0.25) is 0 Å². The SMILES string of the molecule is COCCN(Cc1ccc(OCC(=O)N2CCOCC2)cc1)CC(O)Cn1c2ccccc2c2ccccc21. The van der Waals surface area contributed by atoms with E-state index in [1.807, 2.05) is 36.4 Å². The first kappa shape index (κ1) is 27.1. The van der Waals surface area contributed by atoms with E-state index < -0.39 is 6.10 Å². The lowest BCUT2D eigenvalue weighted by atomic mass is 10.2. The van der Waals surface area contributed by atoms with Gasteiger partial charge in [0.1, 0.15) is 5.75 Å². The van der Waals surface area contributed by atoms with Gasteiger partial charge in [-0.3, -0.25) is 9.69 Å². The number of fused-ring (bicyclic) bond motifs is 3. The zero-order valence-electron chi connectivity index (χ0n) is 22.5. The lowest BCUT2D eigenvalue weighted by molar-refractivity contribution is -0.137. The van der Waals surface area contributed by atoms with Crippen LogP contribution in [0.1, 0.15) is 5.56 Å². The molecule has 1 aliphatic rings. The van der Waals surface area contributed by atoms with Gasteiger partial charge in [0, 0.05) is 61.6 Å². The standard InChI is InChI=1S/C31H37N3O5/c1-37-17-14-32(20-24-10-12-26(13-11-24)39-23-31(36)33-15-18-38-19-16-33)21-25(35)22-34-29-8-4-2-6-27(29)28-7-3-5-9-30(28)34/h2-13,25,35H,14-23H2,1H3. The van der Waals surface area contributed by atoms with Gasteiger partial charge in [-0.15, -0.1) is 0 Å². The fourth-order valence-electron chi connectivity index (χ4n) is 5.22. The van der Waals surface area contributed by atoms with Gasteiger partial charge in [-0.05, 0) is 29.8 Å². The van der Waals surface area contributed by atoms with Crippen LogP contribution >= 0.6 is 0 Å². The van der Waals surface area contributed by atoms with E-state index in [1.54, 1.807) is 12.0 Å². The second-order valence-electron chi connectivity index (χ2n) is 9.95. The number of methoxy groups -OCH3 is 1. The van der Waals surface area contributed by atoms with Crippen molar-refractivity contribution in [2.24, 2.45) is 0 Å². The van der Waals surface area contributed by atoms with Crippen LogP contribution < -0.4 is 4.74 Å². The molecular formula is C31H37N3O5. The summed E-state index contributed by atoms with van der Waals surface area (Å²) in [6, 6.07) is 24.5. The van der Waals surface area contributed by atoms with Gasteiger partial charge in [-0.2, -0.15) is 0 Å². The molecule has 1 unspecified atom stereocenters. The van der Waals surface area contributed by atoms with Crippen LogP contribution in [0.5, 0.6) is 5.75 Å². The van der Waals surface area contributed by atoms with E-state index in [4.69, 9.17) is 14.2 Å². The average Bonchev–Trinajstić information content (AvgIpc) is 3.29. The highest BCUT2D eigenvalue weighted by atomic mass is 16.5. The van der Waals surface area contributed by atoms with Crippen molar-refractivity contribution in [3.05, 3.63) is 78.4 Å². The average molecular weight is 532 g/mol. The Balaban J connectivity index is 1.21. The third-order valence-electron chi connectivity index (χ3n) is 7.21. The largest absolute Gasteiger partial charge is 0.484 e. The molecule has 0 saturated carbocycles. The molecule has 39 heavy (non-hydrogen) atoms. The Morgan fingerprint density at radius 1 is 0.974 bits per heavy atom. The van der Waals surface area contributed by atoms with Crippen molar-refractivity contribution in [3.8, 4) is 5.75 Å². The number of benzene rings is 3. The van der Waals surface area contributed by atoms with Gasteiger partial charge < -0.3 is 28.8 Å². The number of ether oxygens (including phenoxy) is 3. The second-order valence-corrected chi connectivity index (χ2v) is 9.95. The van der Waals surface area contributed by atoms with Gasteiger partial charge in [0.05, 0.1) is 32.5 Å². The highest BCUT2D eigenvalue weighted by Crippen LogP contribution is 2.29. The van der Waals surface area contributed by atoms with Gasteiger partial charge in [0.25, 0.3) is 5.91 Å². The minimum absolute atomic E-state index is 0.0221. The first-order valence-corrected chi connectivity index (χ1v) is 13.5. The zero-order valence-corrected chi connectivity index (χ0v) is 22.5. The zero-order chi connectivity index (χ0) is 27.0. The first-order chi connectivity index (χ1) is 19.1. The molecule has 0 spiro atoms. The summed E-state index contributed by atoms with van der Waals surface area (Å²) in [6.07, 6.45) is -0.560. The van der Waals surface area contributed by atoms with Crippen LogP contribution in [0.4, 0.5) is 0 Å². The predicted octanol–water partition coefficient (Wildman–Crippen LogP) is 3.54. The fourth-order valence-corrected chi connectivity index (χ4v) is 5.22. The van der Waals surface area contributed by atoms with Crippen LogP contribution in [0, 0.1) is 0 Å². The molecular weight excluding hydrogens is 494 g/mol. The van der Waals surface area contributed by atoms with E-state index >= 15 is 0 Å². The molecule has 206 valence electrons. The summed E-state index contributed by atoms with van der Waals surface area (Å²) in [5.41, 5.74) is 3.36. The Hall–Kier alpha value is -3.43. The fraction of sp³-hybridized carbons (Fsp3) is 0.387.